The molecule has 1 unspecified atom stereocenters. The van der Waals surface area contributed by atoms with Crippen LogP contribution in [0.3, 0.4) is 0 Å². The van der Waals surface area contributed by atoms with Gasteiger partial charge in [0.2, 0.25) is 0 Å². The Hall–Kier alpha value is -2.34. The number of nitrogens with one attached hydrogen (secondary N) is 2. The average molecular weight is 370 g/mol. The number of para-hydroxylation sites is 1. The summed E-state index contributed by atoms with van der Waals surface area (Å²) >= 11 is 0. The van der Waals surface area contributed by atoms with Gasteiger partial charge in [0.25, 0.3) is 0 Å². The van der Waals surface area contributed by atoms with Crippen molar-refractivity contribution in [2.24, 2.45) is 7.05 Å². The molecule has 0 saturated heterocycles. The van der Waals surface area contributed by atoms with Gasteiger partial charge in [0.05, 0.1) is 6.04 Å². The van der Waals surface area contributed by atoms with E-state index in [1.165, 1.54) is 11.8 Å². The first-order valence-corrected chi connectivity index (χ1v) is 9.76. The number of carbonyl (C=O) groups excluding carboxylic acids is 2. The number of fused-ring (bicyclic) bond motifs is 1. The fourth-order valence-electron chi connectivity index (χ4n) is 3.98. The van der Waals surface area contributed by atoms with Crippen molar-refractivity contribution in [1.82, 2.24) is 20.1 Å². The molecule has 0 radical (unpaired) electrons. The van der Waals surface area contributed by atoms with Crippen LogP contribution in [0.15, 0.2) is 30.5 Å². The Kier molecular flexibility index (Phi) is 6.16. The predicted molar refractivity (Wildman–Crippen MR) is 107 cm³/mol. The number of carbonyl (C=O) groups is 2. The number of aryl methyl sites for hydroxylation is 1. The van der Waals surface area contributed by atoms with Crippen molar-refractivity contribution < 1.29 is 9.59 Å². The molecule has 1 aliphatic rings. The number of rotatable bonds is 5. The van der Waals surface area contributed by atoms with E-state index < -0.39 is 11.8 Å². The van der Waals surface area contributed by atoms with Crippen LogP contribution in [-0.2, 0) is 16.6 Å². The van der Waals surface area contributed by atoms with Crippen molar-refractivity contribution in [1.29, 1.82) is 0 Å². The highest BCUT2D eigenvalue weighted by Crippen LogP contribution is 2.28. The molecule has 146 valence electrons. The Bertz CT molecular complexity index is 806. The van der Waals surface area contributed by atoms with Crippen molar-refractivity contribution in [3.05, 3.63) is 36.0 Å². The summed E-state index contributed by atoms with van der Waals surface area (Å²) in [5.74, 6) is -1.06. The van der Waals surface area contributed by atoms with Gasteiger partial charge in [0.15, 0.2) is 0 Å². The highest BCUT2D eigenvalue weighted by Gasteiger charge is 2.23. The van der Waals surface area contributed by atoms with Crippen molar-refractivity contribution in [2.45, 2.75) is 44.2 Å². The van der Waals surface area contributed by atoms with Crippen LogP contribution in [0.4, 0.5) is 0 Å². The normalized spacial score (nSPS) is 16.4. The number of aromatic nitrogens is 1. The molecule has 1 atom stereocenters. The lowest BCUT2D eigenvalue weighted by molar-refractivity contribution is -0.139. The zero-order chi connectivity index (χ0) is 19.4. The molecule has 0 aliphatic heterocycles. The van der Waals surface area contributed by atoms with E-state index >= 15 is 0 Å². The van der Waals surface area contributed by atoms with Crippen LogP contribution in [-0.4, -0.2) is 48.0 Å². The van der Waals surface area contributed by atoms with Crippen LogP contribution in [0.1, 0.15) is 43.7 Å². The molecule has 2 aromatic rings. The molecule has 27 heavy (non-hydrogen) atoms. The molecule has 3 rings (SSSR count). The molecule has 1 fully saturated rings. The van der Waals surface area contributed by atoms with Gasteiger partial charge in [-0.1, -0.05) is 37.5 Å². The maximum atomic E-state index is 12.3. The summed E-state index contributed by atoms with van der Waals surface area (Å²) in [5.41, 5.74) is 2.30. The largest absolute Gasteiger partial charge is 0.350 e. The van der Waals surface area contributed by atoms with E-state index in [1.54, 1.807) is 0 Å². The fraction of sp³-hybridized carbons (Fsp3) is 0.524. The first-order chi connectivity index (χ1) is 13.0. The summed E-state index contributed by atoms with van der Waals surface area (Å²) in [6.07, 6.45) is 7.50. The number of likely N-dealkylation sites (N-methyl/N-ethyl adjacent to an activating group) is 1. The van der Waals surface area contributed by atoms with Gasteiger partial charge in [0.1, 0.15) is 0 Å². The smallest absolute Gasteiger partial charge is 0.309 e. The lowest BCUT2D eigenvalue weighted by Gasteiger charge is -2.25. The molecule has 0 bridgehead atoms. The summed E-state index contributed by atoms with van der Waals surface area (Å²) in [4.78, 5) is 26.6. The van der Waals surface area contributed by atoms with E-state index in [9.17, 15) is 9.59 Å². The highest BCUT2D eigenvalue weighted by molar-refractivity contribution is 6.35. The number of amides is 2. The Morgan fingerprint density at radius 3 is 2.56 bits per heavy atom. The molecule has 0 spiro atoms. The maximum absolute atomic E-state index is 12.3. The number of benzene rings is 1. The maximum Gasteiger partial charge on any atom is 0.309 e. The van der Waals surface area contributed by atoms with E-state index in [1.807, 2.05) is 33.3 Å². The second kappa shape index (κ2) is 8.57. The van der Waals surface area contributed by atoms with Crippen molar-refractivity contribution in [2.75, 3.05) is 20.6 Å². The summed E-state index contributed by atoms with van der Waals surface area (Å²) in [6.45, 7) is 0.387. The molecule has 6 heteroatoms. The van der Waals surface area contributed by atoms with E-state index in [-0.39, 0.29) is 12.1 Å². The summed E-state index contributed by atoms with van der Waals surface area (Å²) in [5, 5.41) is 6.87. The van der Waals surface area contributed by atoms with E-state index in [0.29, 0.717) is 6.54 Å². The number of nitrogens with zero attached hydrogens (tertiary/aromatic N) is 2. The van der Waals surface area contributed by atoms with Gasteiger partial charge >= 0.3 is 11.8 Å². The Morgan fingerprint density at radius 2 is 1.85 bits per heavy atom. The molecule has 1 aliphatic carbocycles. The highest BCUT2D eigenvalue weighted by atomic mass is 16.2. The Balaban J connectivity index is 1.66. The topological polar surface area (TPSA) is 66.4 Å². The zero-order valence-corrected chi connectivity index (χ0v) is 16.5. The van der Waals surface area contributed by atoms with Crippen LogP contribution in [0.5, 0.6) is 0 Å². The monoisotopic (exact) mass is 370 g/mol. The lowest BCUT2D eigenvalue weighted by atomic mass is 9.95. The van der Waals surface area contributed by atoms with E-state index in [4.69, 9.17) is 0 Å². The average Bonchev–Trinajstić information content (AvgIpc) is 2.99. The van der Waals surface area contributed by atoms with Gasteiger partial charge in [-0.2, -0.15) is 0 Å². The summed E-state index contributed by atoms with van der Waals surface area (Å²) in [7, 11) is 6.00. The van der Waals surface area contributed by atoms with Gasteiger partial charge in [0, 0.05) is 36.7 Å². The van der Waals surface area contributed by atoms with Crippen molar-refractivity contribution >= 4 is 22.7 Å². The van der Waals surface area contributed by atoms with Crippen LogP contribution < -0.4 is 10.6 Å². The molecular formula is C21H30N4O2. The fourth-order valence-corrected chi connectivity index (χ4v) is 3.98. The zero-order valence-electron chi connectivity index (χ0n) is 16.5. The first-order valence-electron chi connectivity index (χ1n) is 9.76. The van der Waals surface area contributed by atoms with Gasteiger partial charge in [-0.05, 0) is 38.6 Å². The predicted octanol–water partition coefficient (Wildman–Crippen LogP) is 2.35. The number of hydrogen-bond donors (Lipinski definition) is 2. The molecule has 6 nitrogen and oxygen atoms in total. The number of hydrogen-bond acceptors (Lipinski definition) is 3. The second-order valence-corrected chi connectivity index (χ2v) is 7.71. The third-order valence-corrected chi connectivity index (χ3v) is 5.51. The van der Waals surface area contributed by atoms with Crippen LogP contribution >= 0.6 is 0 Å². The Labute approximate surface area is 160 Å². The molecule has 2 N–H and O–H groups in total. The van der Waals surface area contributed by atoms with Gasteiger partial charge < -0.3 is 20.1 Å². The minimum Gasteiger partial charge on any atom is -0.350 e. The SMILES string of the molecule is CN(C)C(CNC(=O)C(=O)NC1CCCCC1)c1cn(C)c2ccccc12. The van der Waals surface area contributed by atoms with Crippen molar-refractivity contribution in [3.8, 4) is 0 Å². The molecular weight excluding hydrogens is 340 g/mol. The second-order valence-electron chi connectivity index (χ2n) is 7.71. The third-order valence-electron chi connectivity index (χ3n) is 5.51. The third kappa shape index (κ3) is 4.50. The van der Waals surface area contributed by atoms with Crippen LogP contribution in [0.25, 0.3) is 10.9 Å². The first kappa shape index (κ1) is 19.4. The van der Waals surface area contributed by atoms with Crippen LogP contribution in [0, 0.1) is 0 Å². The molecule has 1 saturated carbocycles. The minimum atomic E-state index is -0.548. The molecule has 1 heterocycles. The molecule has 1 aromatic carbocycles. The standard InChI is InChI=1S/C21H30N4O2/c1-24(2)19(17-14-25(3)18-12-8-7-11-16(17)18)13-22-20(26)21(27)23-15-9-5-4-6-10-15/h7-8,11-12,14-15,19H,4-6,9-10,13H2,1-3H3,(H,22,26)(H,23,27). The van der Waals surface area contributed by atoms with Gasteiger partial charge in [-0.25, -0.2) is 0 Å². The van der Waals surface area contributed by atoms with Crippen LogP contribution in [0.2, 0.25) is 0 Å². The van der Waals surface area contributed by atoms with E-state index in [2.05, 4.69) is 38.4 Å². The summed E-state index contributed by atoms with van der Waals surface area (Å²) in [6, 6.07) is 8.35. The molecule has 2 amide bonds. The minimum absolute atomic E-state index is 0.0115. The lowest BCUT2D eigenvalue weighted by Crippen LogP contribution is -2.46. The van der Waals surface area contributed by atoms with Gasteiger partial charge in [-0.3, -0.25) is 9.59 Å². The van der Waals surface area contributed by atoms with E-state index in [0.717, 1.165) is 36.8 Å². The quantitative estimate of drug-likeness (QED) is 0.794. The summed E-state index contributed by atoms with van der Waals surface area (Å²) < 4.78 is 2.10. The van der Waals surface area contributed by atoms with Crippen molar-refractivity contribution in [3.63, 3.8) is 0 Å². The Morgan fingerprint density at radius 1 is 1.15 bits per heavy atom. The van der Waals surface area contributed by atoms with Gasteiger partial charge in [-0.15, -0.1) is 0 Å². The molecule has 1 aromatic heterocycles.